The van der Waals surface area contributed by atoms with Crippen molar-refractivity contribution in [3.8, 4) is 11.5 Å². The van der Waals surface area contributed by atoms with Crippen molar-refractivity contribution < 1.29 is 19.1 Å². The van der Waals surface area contributed by atoms with Crippen molar-refractivity contribution in [1.29, 1.82) is 0 Å². The first-order chi connectivity index (χ1) is 15.0. The summed E-state index contributed by atoms with van der Waals surface area (Å²) in [4.78, 5) is 25.0. The molecule has 31 heavy (non-hydrogen) atoms. The molecule has 4 nitrogen and oxygen atoms in total. The Balaban J connectivity index is 2.07. The summed E-state index contributed by atoms with van der Waals surface area (Å²) < 4.78 is 11.7. The first-order valence-corrected chi connectivity index (χ1v) is 11.5. The van der Waals surface area contributed by atoms with Gasteiger partial charge in [0.15, 0.2) is 0 Å². The van der Waals surface area contributed by atoms with E-state index in [0.29, 0.717) is 40.1 Å². The predicted octanol–water partition coefficient (Wildman–Crippen LogP) is 7.62. The van der Waals surface area contributed by atoms with E-state index in [9.17, 15) is 9.59 Å². The van der Waals surface area contributed by atoms with Gasteiger partial charge in [-0.3, -0.25) is 9.59 Å². The molecule has 0 N–H and O–H groups in total. The van der Waals surface area contributed by atoms with Crippen molar-refractivity contribution in [3.05, 3.63) is 47.5 Å². The molecule has 0 fully saturated rings. The van der Waals surface area contributed by atoms with Gasteiger partial charge in [-0.1, -0.05) is 75.4 Å². The molecule has 0 heterocycles. The number of carbonyl (C=O) groups is 2. The lowest BCUT2D eigenvalue weighted by Crippen LogP contribution is -2.10. The number of benzene rings is 3. The van der Waals surface area contributed by atoms with E-state index in [1.165, 1.54) is 0 Å². The number of esters is 2. The monoisotopic (exact) mass is 440 g/mol. The third-order valence-corrected chi connectivity index (χ3v) is 5.52. The molecule has 0 amide bonds. The summed E-state index contributed by atoms with van der Waals surface area (Å²) in [6.45, 7) is 4.19. The van der Waals surface area contributed by atoms with Crippen molar-refractivity contribution in [3.63, 3.8) is 0 Å². The Morgan fingerprint density at radius 2 is 1.19 bits per heavy atom. The van der Waals surface area contributed by atoms with Crippen LogP contribution in [0, 0.1) is 0 Å². The van der Waals surface area contributed by atoms with Crippen LogP contribution in [0.15, 0.2) is 42.5 Å². The predicted molar refractivity (Wildman–Crippen MR) is 126 cm³/mol. The lowest BCUT2D eigenvalue weighted by molar-refractivity contribution is -0.135. The van der Waals surface area contributed by atoms with Gasteiger partial charge in [-0.05, 0) is 31.0 Å². The van der Waals surface area contributed by atoms with Crippen LogP contribution in [0.5, 0.6) is 11.5 Å². The van der Waals surface area contributed by atoms with Crippen LogP contribution in [0.3, 0.4) is 0 Å². The molecule has 0 saturated heterocycles. The van der Waals surface area contributed by atoms with Crippen molar-refractivity contribution in [1.82, 2.24) is 0 Å². The van der Waals surface area contributed by atoms with Gasteiger partial charge in [0.25, 0.3) is 0 Å². The zero-order valence-electron chi connectivity index (χ0n) is 18.2. The standard InChI is InChI=1S/C26H29ClO4/c1-3-5-7-13-23(28)30-25-19-11-9-10-12-20(19)26(31-24(29)14-8-6-4-2)22-17-18(27)15-16-21(22)25/h9-12,15-17H,3-8,13-14H2,1-2H3. The van der Waals surface area contributed by atoms with Crippen LogP contribution in [0.25, 0.3) is 21.5 Å². The molecule has 0 spiro atoms. The largest absolute Gasteiger partial charge is 0.425 e. The third kappa shape index (κ3) is 5.76. The summed E-state index contributed by atoms with van der Waals surface area (Å²) >= 11 is 6.28. The second-order valence-corrected chi connectivity index (χ2v) is 8.19. The van der Waals surface area contributed by atoms with Gasteiger partial charge in [0, 0.05) is 39.4 Å². The molecule has 0 saturated carbocycles. The molecule has 0 aromatic heterocycles. The normalized spacial score (nSPS) is 11.1. The van der Waals surface area contributed by atoms with Gasteiger partial charge in [0.05, 0.1) is 0 Å². The van der Waals surface area contributed by atoms with Crippen molar-refractivity contribution in [2.45, 2.75) is 65.2 Å². The van der Waals surface area contributed by atoms with Gasteiger partial charge in [-0.15, -0.1) is 0 Å². The molecular formula is C26H29ClO4. The lowest BCUT2D eigenvalue weighted by Gasteiger charge is -2.16. The maximum absolute atomic E-state index is 12.5. The highest BCUT2D eigenvalue weighted by Gasteiger charge is 2.20. The van der Waals surface area contributed by atoms with Crippen LogP contribution >= 0.6 is 11.6 Å². The average Bonchev–Trinajstić information content (AvgIpc) is 2.76. The minimum Gasteiger partial charge on any atom is -0.425 e. The van der Waals surface area contributed by atoms with E-state index in [1.807, 2.05) is 30.3 Å². The van der Waals surface area contributed by atoms with Gasteiger partial charge in [0.1, 0.15) is 11.5 Å². The summed E-state index contributed by atoms with van der Waals surface area (Å²) in [5, 5.41) is 3.33. The number of hydrogen-bond donors (Lipinski definition) is 0. The maximum Gasteiger partial charge on any atom is 0.311 e. The van der Waals surface area contributed by atoms with Gasteiger partial charge in [-0.2, -0.15) is 0 Å². The van der Waals surface area contributed by atoms with E-state index in [4.69, 9.17) is 21.1 Å². The van der Waals surface area contributed by atoms with Crippen LogP contribution in [-0.4, -0.2) is 11.9 Å². The summed E-state index contributed by atoms with van der Waals surface area (Å²) in [5.74, 6) is 0.401. The van der Waals surface area contributed by atoms with Gasteiger partial charge >= 0.3 is 11.9 Å². The molecule has 164 valence electrons. The summed E-state index contributed by atoms with van der Waals surface area (Å²) in [6.07, 6.45) is 6.35. The van der Waals surface area contributed by atoms with Gasteiger partial charge < -0.3 is 9.47 Å². The molecule has 0 aliphatic heterocycles. The lowest BCUT2D eigenvalue weighted by atomic mass is 10.0. The molecule has 0 radical (unpaired) electrons. The highest BCUT2D eigenvalue weighted by atomic mass is 35.5. The number of unbranched alkanes of at least 4 members (excludes halogenated alkanes) is 4. The fraction of sp³-hybridized carbons (Fsp3) is 0.385. The second-order valence-electron chi connectivity index (χ2n) is 7.76. The minimum absolute atomic E-state index is 0.265. The molecule has 0 aliphatic rings. The van der Waals surface area contributed by atoms with Crippen LogP contribution in [0.1, 0.15) is 65.2 Å². The van der Waals surface area contributed by atoms with Crippen molar-refractivity contribution in [2.75, 3.05) is 0 Å². The smallest absolute Gasteiger partial charge is 0.311 e. The Hall–Kier alpha value is -2.59. The minimum atomic E-state index is -0.274. The average molecular weight is 441 g/mol. The fourth-order valence-corrected chi connectivity index (χ4v) is 3.83. The number of ether oxygens (including phenoxy) is 2. The first kappa shape index (κ1) is 23.1. The highest BCUT2D eigenvalue weighted by Crippen LogP contribution is 2.44. The zero-order chi connectivity index (χ0) is 22.2. The Kier molecular flexibility index (Phi) is 8.30. The van der Waals surface area contributed by atoms with Crippen LogP contribution in [0.2, 0.25) is 5.02 Å². The fourth-order valence-electron chi connectivity index (χ4n) is 3.66. The van der Waals surface area contributed by atoms with Crippen LogP contribution in [0.4, 0.5) is 0 Å². The molecule has 0 atom stereocenters. The molecule has 5 heteroatoms. The van der Waals surface area contributed by atoms with E-state index in [1.54, 1.807) is 12.1 Å². The molecular weight excluding hydrogens is 412 g/mol. The van der Waals surface area contributed by atoms with E-state index >= 15 is 0 Å². The Morgan fingerprint density at radius 1 is 0.710 bits per heavy atom. The molecule has 3 aromatic carbocycles. The number of fused-ring (bicyclic) bond motifs is 2. The molecule has 0 unspecified atom stereocenters. The topological polar surface area (TPSA) is 52.6 Å². The Labute approximate surface area is 188 Å². The van der Waals surface area contributed by atoms with E-state index < -0.39 is 0 Å². The Bertz CT molecular complexity index is 1070. The van der Waals surface area contributed by atoms with Crippen LogP contribution < -0.4 is 9.47 Å². The third-order valence-electron chi connectivity index (χ3n) is 5.29. The van der Waals surface area contributed by atoms with Crippen molar-refractivity contribution >= 4 is 45.1 Å². The zero-order valence-corrected chi connectivity index (χ0v) is 19.0. The number of rotatable bonds is 10. The summed E-state index contributed by atoms with van der Waals surface area (Å²) in [5.41, 5.74) is 0. The molecule has 0 bridgehead atoms. The number of hydrogen-bond acceptors (Lipinski definition) is 4. The first-order valence-electron chi connectivity index (χ1n) is 11.1. The Morgan fingerprint density at radius 3 is 1.71 bits per heavy atom. The van der Waals surface area contributed by atoms with E-state index in [2.05, 4.69) is 13.8 Å². The molecule has 0 aliphatic carbocycles. The van der Waals surface area contributed by atoms with E-state index in [0.717, 1.165) is 49.3 Å². The molecule has 3 rings (SSSR count). The second kappa shape index (κ2) is 11.1. The number of carbonyl (C=O) groups excluding carboxylic acids is 2. The SMILES string of the molecule is CCCCCC(=O)Oc1c2ccccc2c(OC(=O)CCCCC)c2cc(Cl)ccc12. The highest BCUT2D eigenvalue weighted by molar-refractivity contribution is 6.31. The van der Waals surface area contributed by atoms with Gasteiger partial charge in [0.2, 0.25) is 0 Å². The summed E-state index contributed by atoms with van der Waals surface area (Å²) in [6, 6.07) is 12.8. The maximum atomic E-state index is 12.5. The van der Waals surface area contributed by atoms with Crippen LogP contribution in [-0.2, 0) is 9.59 Å². The van der Waals surface area contributed by atoms with Gasteiger partial charge in [-0.25, -0.2) is 0 Å². The number of halogens is 1. The quantitative estimate of drug-likeness (QED) is 0.141. The molecule has 3 aromatic rings. The summed E-state index contributed by atoms with van der Waals surface area (Å²) in [7, 11) is 0. The van der Waals surface area contributed by atoms with Crippen molar-refractivity contribution in [2.24, 2.45) is 0 Å². The van der Waals surface area contributed by atoms with E-state index in [-0.39, 0.29) is 11.9 Å².